The van der Waals surface area contributed by atoms with Crippen LogP contribution in [0.1, 0.15) is 24.7 Å². The number of hydrogen-bond acceptors (Lipinski definition) is 5. The Morgan fingerprint density at radius 1 is 1.10 bits per heavy atom. The molecule has 0 bridgehead atoms. The van der Waals surface area contributed by atoms with Gasteiger partial charge in [0.1, 0.15) is 11.5 Å². The fourth-order valence-electron chi connectivity index (χ4n) is 3.05. The van der Waals surface area contributed by atoms with E-state index in [0.717, 1.165) is 17.7 Å². The van der Waals surface area contributed by atoms with Crippen molar-refractivity contribution in [1.82, 2.24) is 4.90 Å². The third kappa shape index (κ3) is 4.22. The first kappa shape index (κ1) is 19.7. The maximum Gasteiger partial charge on any atom is 0.266 e. The molecule has 0 aliphatic carbocycles. The molecule has 4 rings (SSSR count). The van der Waals surface area contributed by atoms with Crippen LogP contribution in [0.25, 0.3) is 17.4 Å². The third-order valence-electron chi connectivity index (χ3n) is 4.51. The molecule has 30 heavy (non-hydrogen) atoms. The number of amidine groups is 1. The number of hydrogen-bond donors (Lipinski definition) is 0. The van der Waals surface area contributed by atoms with Gasteiger partial charge in [-0.2, -0.15) is 5.26 Å². The molecule has 6 heteroatoms. The monoisotopic (exact) mass is 413 g/mol. The Hall–Kier alpha value is -3.56. The van der Waals surface area contributed by atoms with Crippen molar-refractivity contribution in [3.8, 4) is 17.4 Å². The largest absolute Gasteiger partial charge is 0.457 e. The van der Waals surface area contributed by atoms with Gasteiger partial charge < -0.3 is 4.42 Å². The van der Waals surface area contributed by atoms with Crippen LogP contribution in [-0.4, -0.2) is 22.5 Å². The van der Waals surface area contributed by atoms with Crippen LogP contribution in [-0.2, 0) is 4.79 Å². The standard InChI is InChI=1S/C24H19N3O2S/c1-2-14-27-23(28)22(30-24(27)26-19-6-4-3-5-7-19)15-20-12-13-21(29-20)18-10-8-17(16-25)9-11-18/h3-13,15H,2,14H2,1H3/b22-15-,26-24?. The molecular weight excluding hydrogens is 394 g/mol. The number of nitriles is 1. The molecule has 0 unspecified atom stereocenters. The Balaban J connectivity index is 1.60. The molecule has 0 N–H and O–H groups in total. The molecule has 1 aliphatic heterocycles. The first-order valence-corrected chi connectivity index (χ1v) is 10.4. The Morgan fingerprint density at radius 2 is 1.87 bits per heavy atom. The van der Waals surface area contributed by atoms with Crippen molar-refractivity contribution >= 4 is 34.6 Å². The van der Waals surface area contributed by atoms with E-state index in [9.17, 15) is 4.79 Å². The summed E-state index contributed by atoms with van der Waals surface area (Å²) in [5, 5.41) is 9.61. The maximum atomic E-state index is 12.9. The van der Waals surface area contributed by atoms with Crippen molar-refractivity contribution in [3.63, 3.8) is 0 Å². The first-order chi connectivity index (χ1) is 14.7. The maximum absolute atomic E-state index is 12.9. The van der Waals surface area contributed by atoms with Gasteiger partial charge in [0.25, 0.3) is 5.91 Å². The van der Waals surface area contributed by atoms with E-state index in [1.165, 1.54) is 11.8 Å². The van der Waals surface area contributed by atoms with Gasteiger partial charge in [0.15, 0.2) is 5.17 Å². The molecule has 1 aromatic heterocycles. The van der Waals surface area contributed by atoms with E-state index in [2.05, 4.69) is 11.1 Å². The predicted octanol–water partition coefficient (Wildman–Crippen LogP) is 5.83. The van der Waals surface area contributed by atoms with Crippen molar-refractivity contribution in [1.29, 1.82) is 5.26 Å². The normalized spacial score (nSPS) is 16.4. The minimum Gasteiger partial charge on any atom is -0.457 e. The van der Waals surface area contributed by atoms with E-state index >= 15 is 0 Å². The molecule has 148 valence electrons. The molecule has 1 saturated heterocycles. The Bertz CT molecular complexity index is 1160. The molecule has 2 heterocycles. The molecule has 1 aliphatic rings. The third-order valence-corrected chi connectivity index (χ3v) is 5.52. The summed E-state index contributed by atoms with van der Waals surface area (Å²) in [6.07, 6.45) is 2.60. The number of amides is 1. The molecule has 0 atom stereocenters. The molecule has 0 spiro atoms. The van der Waals surface area contributed by atoms with Crippen molar-refractivity contribution in [2.24, 2.45) is 4.99 Å². The van der Waals surface area contributed by atoms with E-state index in [1.54, 1.807) is 23.1 Å². The second kappa shape index (κ2) is 8.85. The van der Waals surface area contributed by atoms with Gasteiger partial charge in [0, 0.05) is 18.2 Å². The summed E-state index contributed by atoms with van der Waals surface area (Å²) < 4.78 is 5.92. The van der Waals surface area contributed by atoms with Gasteiger partial charge in [-0.3, -0.25) is 9.69 Å². The quantitative estimate of drug-likeness (QED) is 0.493. The average Bonchev–Trinajstić information content (AvgIpc) is 3.35. The van der Waals surface area contributed by atoms with Crippen LogP contribution in [0.3, 0.4) is 0 Å². The number of furan rings is 1. The van der Waals surface area contributed by atoms with Crippen LogP contribution in [0.2, 0.25) is 0 Å². The van der Waals surface area contributed by atoms with Gasteiger partial charge in [-0.1, -0.05) is 25.1 Å². The number of rotatable bonds is 5. The highest BCUT2D eigenvalue weighted by Gasteiger charge is 2.33. The zero-order valence-corrected chi connectivity index (χ0v) is 17.2. The minimum atomic E-state index is -0.0622. The molecular formula is C24H19N3O2S. The number of benzene rings is 2. The van der Waals surface area contributed by atoms with E-state index in [1.807, 2.05) is 61.5 Å². The zero-order valence-electron chi connectivity index (χ0n) is 16.4. The lowest BCUT2D eigenvalue weighted by Gasteiger charge is -2.13. The zero-order chi connectivity index (χ0) is 20.9. The van der Waals surface area contributed by atoms with Gasteiger partial charge >= 0.3 is 0 Å². The summed E-state index contributed by atoms with van der Waals surface area (Å²) in [5.74, 6) is 1.22. The fourth-order valence-corrected chi connectivity index (χ4v) is 4.05. The highest BCUT2D eigenvalue weighted by Crippen LogP contribution is 2.35. The molecule has 3 aromatic rings. The summed E-state index contributed by atoms with van der Waals surface area (Å²) in [4.78, 5) is 19.9. The van der Waals surface area contributed by atoms with Crippen LogP contribution in [0.15, 0.2) is 81.0 Å². The lowest BCUT2D eigenvalue weighted by molar-refractivity contribution is -0.122. The second-order valence-electron chi connectivity index (χ2n) is 6.69. The lowest BCUT2D eigenvalue weighted by Crippen LogP contribution is -2.29. The summed E-state index contributed by atoms with van der Waals surface area (Å²) >= 11 is 1.36. The fraction of sp³-hybridized carbons (Fsp3) is 0.125. The van der Waals surface area contributed by atoms with E-state index in [-0.39, 0.29) is 5.91 Å². The van der Waals surface area contributed by atoms with Crippen LogP contribution >= 0.6 is 11.8 Å². The molecule has 5 nitrogen and oxygen atoms in total. The SMILES string of the molecule is CCCN1C(=O)/C(=C/c2ccc(-c3ccc(C#N)cc3)o2)SC1=Nc1ccccc1. The Labute approximate surface area is 179 Å². The first-order valence-electron chi connectivity index (χ1n) is 9.63. The van der Waals surface area contributed by atoms with Gasteiger partial charge in [0.2, 0.25) is 0 Å². The summed E-state index contributed by atoms with van der Waals surface area (Å²) in [5.41, 5.74) is 2.29. The average molecular weight is 414 g/mol. The van der Waals surface area contributed by atoms with Gasteiger partial charge in [-0.25, -0.2) is 4.99 Å². The molecule has 1 amide bonds. The minimum absolute atomic E-state index is 0.0622. The van der Waals surface area contributed by atoms with Crippen molar-refractivity contribution < 1.29 is 9.21 Å². The van der Waals surface area contributed by atoms with Crippen LogP contribution in [0, 0.1) is 11.3 Å². The smallest absolute Gasteiger partial charge is 0.266 e. The topological polar surface area (TPSA) is 69.6 Å². The Morgan fingerprint density at radius 3 is 2.57 bits per heavy atom. The van der Waals surface area contributed by atoms with Crippen molar-refractivity contribution in [2.45, 2.75) is 13.3 Å². The van der Waals surface area contributed by atoms with E-state index < -0.39 is 0 Å². The predicted molar refractivity (Wildman–Crippen MR) is 120 cm³/mol. The molecule has 2 aromatic carbocycles. The van der Waals surface area contributed by atoms with Crippen LogP contribution in [0.4, 0.5) is 5.69 Å². The lowest BCUT2D eigenvalue weighted by atomic mass is 10.1. The van der Waals surface area contributed by atoms with Gasteiger partial charge in [0.05, 0.1) is 22.2 Å². The van der Waals surface area contributed by atoms with Gasteiger partial charge in [-0.15, -0.1) is 0 Å². The van der Waals surface area contributed by atoms with Crippen molar-refractivity contribution in [2.75, 3.05) is 6.54 Å². The van der Waals surface area contributed by atoms with Crippen molar-refractivity contribution in [3.05, 3.63) is 83.0 Å². The highest BCUT2D eigenvalue weighted by atomic mass is 32.2. The molecule has 1 fully saturated rings. The number of thioether (sulfide) groups is 1. The second-order valence-corrected chi connectivity index (χ2v) is 7.70. The molecule has 0 radical (unpaired) electrons. The van der Waals surface area contributed by atoms with E-state index in [0.29, 0.717) is 33.7 Å². The number of carbonyl (C=O) groups excluding carboxylic acids is 1. The number of aliphatic imine (C=N–C) groups is 1. The highest BCUT2D eigenvalue weighted by molar-refractivity contribution is 8.18. The summed E-state index contributed by atoms with van der Waals surface area (Å²) in [6.45, 7) is 2.65. The van der Waals surface area contributed by atoms with Crippen LogP contribution in [0.5, 0.6) is 0 Å². The summed E-state index contributed by atoms with van der Waals surface area (Å²) in [6, 6.07) is 22.6. The summed E-state index contributed by atoms with van der Waals surface area (Å²) in [7, 11) is 0. The number of nitrogens with zero attached hydrogens (tertiary/aromatic N) is 3. The Kier molecular flexibility index (Phi) is 5.82. The number of carbonyl (C=O) groups is 1. The van der Waals surface area contributed by atoms with E-state index in [4.69, 9.17) is 9.68 Å². The van der Waals surface area contributed by atoms with Gasteiger partial charge in [-0.05, 0) is 66.7 Å². The molecule has 0 saturated carbocycles. The number of para-hydroxylation sites is 1. The van der Waals surface area contributed by atoms with Crippen LogP contribution < -0.4 is 0 Å².